The third-order valence-electron chi connectivity index (χ3n) is 4.76. The van der Waals surface area contributed by atoms with Crippen LogP contribution in [0.5, 0.6) is 5.75 Å². The molecule has 1 unspecified atom stereocenters. The van der Waals surface area contributed by atoms with Crippen LogP contribution in [-0.2, 0) is 11.8 Å². The molecule has 0 spiro atoms. The molecule has 1 atom stereocenters. The lowest BCUT2D eigenvalue weighted by molar-refractivity contribution is 0.253. The Morgan fingerprint density at radius 1 is 1.32 bits per heavy atom. The van der Waals surface area contributed by atoms with Crippen LogP contribution in [0.4, 0.5) is 0 Å². The Hall–Kier alpha value is -0.540. The molecule has 2 N–H and O–H groups in total. The molecule has 0 amide bonds. The van der Waals surface area contributed by atoms with E-state index in [1.807, 2.05) is 0 Å². The standard InChI is InChI=1S/C16H22BrNO/c1-11-7-12-8-13(9-14(17)15(12)19-11)16(10-18)5-3-2-4-6-16/h8-9,11H,2-7,10,18H2,1H3. The molecule has 19 heavy (non-hydrogen) atoms. The van der Waals surface area contributed by atoms with Crippen molar-refractivity contribution in [1.29, 1.82) is 0 Å². The fraction of sp³-hybridized carbons (Fsp3) is 0.625. The van der Waals surface area contributed by atoms with E-state index in [9.17, 15) is 0 Å². The van der Waals surface area contributed by atoms with E-state index in [-0.39, 0.29) is 5.41 Å². The van der Waals surface area contributed by atoms with Gasteiger partial charge < -0.3 is 10.5 Å². The van der Waals surface area contributed by atoms with Crippen molar-refractivity contribution in [2.75, 3.05) is 6.54 Å². The maximum atomic E-state index is 6.15. The molecule has 1 saturated carbocycles. The highest BCUT2D eigenvalue weighted by Crippen LogP contribution is 2.44. The third kappa shape index (κ3) is 2.31. The fourth-order valence-electron chi connectivity index (χ4n) is 3.63. The van der Waals surface area contributed by atoms with Crippen molar-refractivity contribution in [1.82, 2.24) is 0 Å². The average molecular weight is 324 g/mol. The lowest BCUT2D eigenvalue weighted by atomic mass is 9.69. The summed E-state index contributed by atoms with van der Waals surface area (Å²) >= 11 is 3.68. The zero-order chi connectivity index (χ0) is 13.5. The smallest absolute Gasteiger partial charge is 0.137 e. The van der Waals surface area contributed by atoms with Crippen LogP contribution in [0, 0.1) is 0 Å². The summed E-state index contributed by atoms with van der Waals surface area (Å²) in [4.78, 5) is 0. The van der Waals surface area contributed by atoms with E-state index in [1.165, 1.54) is 43.2 Å². The first-order chi connectivity index (χ1) is 9.14. The molecule has 1 aromatic rings. The highest BCUT2D eigenvalue weighted by Gasteiger charge is 2.34. The lowest BCUT2D eigenvalue weighted by Crippen LogP contribution is -2.37. The quantitative estimate of drug-likeness (QED) is 0.894. The summed E-state index contributed by atoms with van der Waals surface area (Å²) < 4.78 is 6.97. The molecule has 0 bridgehead atoms. The SMILES string of the molecule is CC1Cc2cc(C3(CN)CCCCC3)cc(Br)c2O1. The van der Waals surface area contributed by atoms with Crippen molar-refractivity contribution in [2.24, 2.45) is 5.73 Å². The second kappa shape index (κ2) is 5.10. The summed E-state index contributed by atoms with van der Waals surface area (Å²) in [6, 6.07) is 4.59. The molecule has 3 heteroatoms. The lowest BCUT2D eigenvalue weighted by Gasteiger charge is -2.37. The van der Waals surface area contributed by atoms with Gasteiger partial charge in [0, 0.05) is 18.4 Å². The molecule has 1 fully saturated rings. The van der Waals surface area contributed by atoms with Crippen molar-refractivity contribution >= 4 is 15.9 Å². The predicted octanol–water partition coefficient (Wildman–Crippen LogP) is 3.93. The Labute approximate surface area is 123 Å². The van der Waals surface area contributed by atoms with Crippen molar-refractivity contribution in [3.63, 3.8) is 0 Å². The zero-order valence-corrected chi connectivity index (χ0v) is 13.1. The van der Waals surface area contributed by atoms with Crippen molar-refractivity contribution < 1.29 is 4.74 Å². The summed E-state index contributed by atoms with van der Waals surface area (Å²) in [5.41, 5.74) is 9.10. The minimum absolute atomic E-state index is 0.196. The second-order valence-electron chi connectivity index (χ2n) is 6.12. The van der Waals surface area contributed by atoms with Gasteiger partial charge in [0.25, 0.3) is 0 Å². The Morgan fingerprint density at radius 3 is 2.74 bits per heavy atom. The topological polar surface area (TPSA) is 35.2 Å². The van der Waals surface area contributed by atoms with Crippen molar-refractivity contribution in [3.05, 3.63) is 27.7 Å². The van der Waals surface area contributed by atoms with Gasteiger partial charge in [0.05, 0.1) is 4.47 Å². The molecular formula is C16H22BrNO. The summed E-state index contributed by atoms with van der Waals surface area (Å²) in [5.74, 6) is 1.04. The highest BCUT2D eigenvalue weighted by atomic mass is 79.9. The van der Waals surface area contributed by atoms with E-state index < -0.39 is 0 Å². The maximum Gasteiger partial charge on any atom is 0.137 e. The van der Waals surface area contributed by atoms with Gasteiger partial charge in [-0.15, -0.1) is 0 Å². The number of fused-ring (bicyclic) bond motifs is 1. The molecule has 0 radical (unpaired) electrons. The van der Waals surface area contributed by atoms with E-state index in [2.05, 4.69) is 35.0 Å². The maximum absolute atomic E-state index is 6.15. The van der Waals surface area contributed by atoms with Gasteiger partial charge in [-0.3, -0.25) is 0 Å². The Kier molecular flexibility index (Phi) is 3.61. The Balaban J connectivity index is 2.01. The molecule has 0 aromatic heterocycles. The minimum Gasteiger partial charge on any atom is -0.489 e. The van der Waals surface area contributed by atoms with Gasteiger partial charge in [-0.2, -0.15) is 0 Å². The average Bonchev–Trinajstić information content (AvgIpc) is 2.80. The third-order valence-corrected chi connectivity index (χ3v) is 5.35. The molecule has 1 aliphatic carbocycles. The zero-order valence-electron chi connectivity index (χ0n) is 11.5. The normalized spacial score (nSPS) is 24.9. The van der Waals surface area contributed by atoms with E-state index in [4.69, 9.17) is 10.5 Å². The van der Waals surface area contributed by atoms with E-state index in [0.29, 0.717) is 6.10 Å². The minimum atomic E-state index is 0.196. The molecular weight excluding hydrogens is 302 g/mol. The Bertz CT molecular complexity index is 480. The molecule has 2 aliphatic rings. The number of nitrogens with two attached hydrogens (primary N) is 1. The van der Waals surface area contributed by atoms with Crippen LogP contribution in [0.2, 0.25) is 0 Å². The van der Waals surface area contributed by atoms with Crippen LogP contribution < -0.4 is 10.5 Å². The summed E-state index contributed by atoms with van der Waals surface area (Å²) in [6.07, 6.45) is 7.73. The van der Waals surface area contributed by atoms with Gasteiger partial charge in [-0.05, 0) is 52.9 Å². The summed E-state index contributed by atoms with van der Waals surface area (Å²) in [5, 5.41) is 0. The van der Waals surface area contributed by atoms with Crippen LogP contribution >= 0.6 is 15.9 Å². The molecule has 1 heterocycles. The first-order valence-corrected chi connectivity index (χ1v) is 8.13. The van der Waals surface area contributed by atoms with Crippen LogP contribution in [-0.4, -0.2) is 12.6 Å². The molecule has 1 aliphatic heterocycles. The molecule has 3 rings (SSSR count). The predicted molar refractivity (Wildman–Crippen MR) is 81.8 cm³/mol. The number of benzene rings is 1. The number of hydrogen-bond donors (Lipinski definition) is 1. The molecule has 2 nitrogen and oxygen atoms in total. The van der Waals surface area contributed by atoms with Gasteiger partial charge in [-0.1, -0.05) is 25.3 Å². The van der Waals surface area contributed by atoms with Gasteiger partial charge in [0.1, 0.15) is 11.9 Å². The summed E-state index contributed by atoms with van der Waals surface area (Å²) in [7, 11) is 0. The molecule has 104 valence electrons. The number of rotatable bonds is 2. The first kappa shape index (κ1) is 13.4. The van der Waals surface area contributed by atoms with Crippen molar-refractivity contribution in [3.8, 4) is 5.75 Å². The Morgan fingerprint density at radius 2 is 2.05 bits per heavy atom. The second-order valence-corrected chi connectivity index (χ2v) is 6.98. The number of hydrogen-bond acceptors (Lipinski definition) is 2. The van der Waals surface area contributed by atoms with Gasteiger partial charge in [-0.25, -0.2) is 0 Å². The van der Waals surface area contributed by atoms with Crippen LogP contribution in [0.25, 0.3) is 0 Å². The first-order valence-electron chi connectivity index (χ1n) is 7.34. The monoisotopic (exact) mass is 323 g/mol. The number of halogens is 1. The number of ether oxygens (including phenoxy) is 1. The largest absolute Gasteiger partial charge is 0.489 e. The van der Waals surface area contributed by atoms with Crippen molar-refractivity contribution in [2.45, 2.75) is 57.0 Å². The van der Waals surface area contributed by atoms with Crippen LogP contribution in [0.1, 0.15) is 50.2 Å². The van der Waals surface area contributed by atoms with Gasteiger partial charge in [0.2, 0.25) is 0 Å². The van der Waals surface area contributed by atoms with E-state index >= 15 is 0 Å². The van der Waals surface area contributed by atoms with Gasteiger partial charge >= 0.3 is 0 Å². The fourth-order valence-corrected chi connectivity index (χ4v) is 4.23. The summed E-state index contributed by atoms with van der Waals surface area (Å²) in [6.45, 7) is 2.89. The van der Waals surface area contributed by atoms with E-state index in [1.54, 1.807) is 0 Å². The van der Waals surface area contributed by atoms with Crippen LogP contribution in [0.3, 0.4) is 0 Å². The highest BCUT2D eigenvalue weighted by molar-refractivity contribution is 9.10. The van der Waals surface area contributed by atoms with E-state index in [0.717, 1.165) is 23.2 Å². The van der Waals surface area contributed by atoms with Crippen LogP contribution in [0.15, 0.2) is 16.6 Å². The molecule has 1 aromatic carbocycles. The molecule has 0 saturated heterocycles. The van der Waals surface area contributed by atoms with Gasteiger partial charge in [0.15, 0.2) is 0 Å².